The van der Waals surface area contributed by atoms with E-state index in [4.69, 9.17) is 10.2 Å². The van der Waals surface area contributed by atoms with Gasteiger partial charge in [0.05, 0.1) is 6.26 Å². The van der Waals surface area contributed by atoms with Gasteiger partial charge in [0.2, 0.25) is 0 Å². The van der Waals surface area contributed by atoms with Gasteiger partial charge in [-0.15, -0.1) is 0 Å². The predicted molar refractivity (Wildman–Crippen MR) is 55.1 cm³/mol. The SMILES string of the molecule is NCCC1c2occc2CCC12CC2. The van der Waals surface area contributed by atoms with E-state index in [2.05, 4.69) is 6.07 Å². The van der Waals surface area contributed by atoms with Gasteiger partial charge in [-0.2, -0.15) is 0 Å². The minimum Gasteiger partial charge on any atom is -0.469 e. The third-order valence-corrected chi connectivity index (χ3v) is 4.08. The molecule has 1 atom stereocenters. The summed E-state index contributed by atoms with van der Waals surface area (Å²) in [5, 5.41) is 0. The molecule has 0 bridgehead atoms. The van der Waals surface area contributed by atoms with Crippen molar-refractivity contribution in [1.82, 2.24) is 0 Å². The smallest absolute Gasteiger partial charge is 0.110 e. The zero-order chi connectivity index (χ0) is 9.60. The van der Waals surface area contributed by atoms with Crippen molar-refractivity contribution in [3.8, 4) is 0 Å². The second-order valence-corrected chi connectivity index (χ2v) is 4.80. The lowest BCUT2D eigenvalue weighted by atomic mass is 9.75. The highest BCUT2D eigenvalue weighted by atomic mass is 16.3. The molecule has 0 aliphatic heterocycles. The van der Waals surface area contributed by atoms with E-state index in [0.29, 0.717) is 11.3 Å². The standard InChI is InChI=1S/C12H17NO/c13-7-2-10-11-9(3-8-14-11)1-4-12(10)5-6-12/h3,8,10H,1-2,4-7,13H2. The fraction of sp³-hybridized carbons (Fsp3) is 0.667. The topological polar surface area (TPSA) is 39.2 Å². The first-order valence-corrected chi connectivity index (χ1v) is 5.62. The molecule has 0 amide bonds. The van der Waals surface area contributed by atoms with Crippen LogP contribution >= 0.6 is 0 Å². The number of rotatable bonds is 2. The minimum absolute atomic E-state index is 0.588. The van der Waals surface area contributed by atoms with Gasteiger partial charge in [-0.25, -0.2) is 0 Å². The van der Waals surface area contributed by atoms with Gasteiger partial charge in [0.25, 0.3) is 0 Å². The monoisotopic (exact) mass is 191 g/mol. The van der Waals surface area contributed by atoms with Crippen LogP contribution in [0.4, 0.5) is 0 Å². The van der Waals surface area contributed by atoms with Crippen molar-refractivity contribution in [2.24, 2.45) is 11.1 Å². The van der Waals surface area contributed by atoms with E-state index >= 15 is 0 Å². The zero-order valence-electron chi connectivity index (χ0n) is 8.46. The average Bonchev–Trinajstić information content (AvgIpc) is 2.79. The lowest BCUT2D eigenvalue weighted by Gasteiger charge is -2.30. The molecule has 2 N–H and O–H groups in total. The van der Waals surface area contributed by atoms with Crippen molar-refractivity contribution in [3.05, 3.63) is 23.7 Å². The van der Waals surface area contributed by atoms with Crippen LogP contribution in [-0.4, -0.2) is 6.54 Å². The second kappa shape index (κ2) is 2.86. The molecule has 2 aliphatic carbocycles. The van der Waals surface area contributed by atoms with E-state index in [9.17, 15) is 0 Å². The molecule has 0 saturated heterocycles. The van der Waals surface area contributed by atoms with E-state index < -0.39 is 0 Å². The van der Waals surface area contributed by atoms with Gasteiger partial charge in [0.15, 0.2) is 0 Å². The Labute approximate surface area is 84.5 Å². The molecule has 0 aromatic carbocycles. The quantitative estimate of drug-likeness (QED) is 0.779. The van der Waals surface area contributed by atoms with Crippen molar-refractivity contribution < 1.29 is 4.42 Å². The first-order valence-electron chi connectivity index (χ1n) is 5.62. The molecule has 76 valence electrons. The summed E-state index contributed by atoms with van der Waals surface area (Å²) in [4.78, 5) is 0. The highest BCUT2D eigenvalue weighted by Gasteiger charge is 2.52. The average molecular weight is 191 g/mol. The first-order chi connectivity index (χ1) is 6.86. The molecule has 1 aromatic rings. The number of fused-ring (bicyclic) bond motifs is 1. The van der Waals surface area contributed by atoms with Gasteiger partial charge in [-0.3, -0.25) is 0 Å². The van der Waals surface area contributed by atoms with Crippen LogP contribution in [0.2, 0.25) is 0 Å². The maximum Gasteiger partial charge on any atom is 0.110 e. The molecule has 14 heavy (non-hydrogen) atoms. The molecule has 1 aromatic heterocycles. The van der Waals surface area contributed by atoms with Crippen LogP contribution in [0, 0.1) is 5.41 Å². The molecule has 1 saturated carbocycles. The number of furan rings is 1. The Morgan fingerprint density at radius 2 is 2.29 bits per heavy atom. The van der Waals surface area contributed by atoms with Crippen LogP contribution in [0.3, 0.4) is 0 Å². The lowest BCUT2D eigenvalue weighted by Crippen LogP contribution is -2.23. The number of hydrogen-bond acceptors (Lipinski definition) is 2. The summed E-state index contributed by atoms with van der Waals surface area (Å²) in [6.45, 7) is 0.784. The summed E-state index contributed by atoms with van der Waals surface area (Å²) < 4.78 is 5.64. The Hall–Kier alpha value is -0.760. The van der Waals surface area contributed by atoms with Gasteiger partial charge in [-0.1, -0.05) is 0 Å². The molecule has 1 spiro atoms. The summed E-state index contributed by atoms with van der Waals surface area (Å²) in [5.41, 5.74) is 7.71. The van der Waals surface area contributed by atoms with Crippen LogP contribution in [0.25, 0.3) is 0 Å². The van der Waals surface area contributed by atoms with E-state index in [0.717, 1.165) is 13.0 Å². The van der Waals surface area contributed by atoms with E-state index in [1.807, 2.05) is 6.26 Å². The summed E-state index contributed by atoms with van der Waals surface area (Å²) in [6.07, 6.45) is 8.28. The zero-order valence-corrected chi connectivity index (χ0v) is 8.46. The molecule has 1 unspecified atom stereocenters. The van der Waals surface area contributed by atoms with Crippen LogP contribution in [0.5, 0.6) is 0 Å². The summed E-state index contributed by atoms with van der Waals surface area (Å²) in [7, 11) is 0. The first kappa shape index (κ1) is 8.54. The van der Waals surface area contributed by atoms with Crippen molar-refractivity contribution in [3.63, 3.8) is 0 Å². The number of hydrogen-bond donors (Lipinski definition) is 1. The van der Waals surface area contributed by atoms with Gasteiger partial charge in [0, 0.05) is 5.92 Å². The third kappa shape index (κ3) is 1.07. The molecule has 2 aliphatic rings. The normalized spacial score (nSPS) is 27.6. The summed E-state index contributed by atoms with van der Waals surface area (Å²) in [6, 6.07) is 2.13. The molecular weight excluding hydrogens is 174 g/mol. The summed E-state index contributed by atoms with van der Waals surface area (Å²) >= 11 is 0. The Kier molecular flexibility index (Phi) is 1.75. The van der Waals surface area contributed by atoms with E-state index in [1.54, 1.807) is 0 Å². The molecule has 0 radical (unpaired) electrons. The van der Waals surface area contributed by atoms with Crippen molar-refractivity contribution in [2.45, 2.75) is 38.0 Å². The van der Waals surface area contributed by atoms with E-state index in [-0.39, 0.29) is 0 Å². The molecule has 1 fully saturated rings. The van der Waals surface area contributed by atoms with Crippen LogP contribution in [0.1, 0.15) is 42.9 Å². The molecular formula is C12H17NO. The van der Waals surface area contributed by atoms with Gasteiger partial charge >= 0.3 is 0 Å². The van der Waals surface area contributed by atoms with Crippen LogP contribution < -0.4 is 5.73 Å². The number of nitrogens with two attached hydrogens (primary N) is 1. The largest absolute Gasteiger partial charge is 0.469 e. The molecule has 2 nitrogen and oxygen atoms in total. The highest BCUT2D eigenvalue weighted by molar-refractivity contribution is 5.29. The predicted octanol–water partition coefficient (Wildman–Crippen LogP) is 2.44. The Balaban J connectivity index is 1.97. The molecule has 3 rings (SSSR count). The fourth-order valence-corrected chi connectivity index (χ4v) is 3.06. The van der Waals surface area contributed by atoms with Crippen molar-refractivity contribution in [1.29, 1.82) is 0 Å². The van der Waals surface area contributed by atoms with Crippen molar-refractivity contribution in [2.75, 3.05) is 6.54 Å². The Morgan fingerprint density at radius 1 is 1.43 bits per heavy atom. The Morgan fingerprint density at radius 3 is 3.00 bits per heavy atom. The third-order valence-electron chi connectivity index (χ3n) is 4.08. The minimum atomic E-state index is 0.588. The van der Waals surface area contributed by atoms with Gasteiger partial charge in [-0.05, 0) is 55.7 Å². The van der Waals surface area contributed by atoms with Gasteiger partial charge in [0.1, 0.15) is 5.76 Å². The second-order valence-electron chi connectivity index (χ2n) is 4.80. The lowest BCUT2D eigenvalue weighted by molar-refractivity contribution is 0.284. The maximum atomic E-state index is 5.69. The van der Waals surface area contributed by atoms with E-state index in [1.165, 1.54) is 37.0 Å². The molecule has 1 heterocycles. The van der Waals surface area contributed by atoms with Crippen LogP contribution in [-0.2, 0) is 6.42 Å². The fourth-order valence-electron chi connectivity index (χ4n) is 3.06. The van der Waals surface area contributed by atoms with Crippen molar-refractivity contribution >= 4 is 0 Å². The Bertz CT molecular complexity index is 338. The maximum absolute atomic E-state index is 5.69. The van der Waals surface area contributed by atoms with Crippen LogP contribution in [0.15, 0.2) is 16.7 Å². The number of aryl methyl sites for hydroxylation is 1. The highest BCUT2D eigenvalue weighted by Crippen LogP contribution is 2.62. The summed E-state index contributed by atoms with van der Waals surface area (Å²) in [5.74, 6) is 1.87. The molecule has 2 heteroatoms. The van der Waals surface area contributed by atoms with Gasteiger partial charge < -0.3 is 10.2 Å².